The topological polar surface area (TPSA) is 18.5 Å². The van der Waals surface area contributed by atoms with E-state index in [9.17, 15) is 0 Å². The predicted molar refractivity (Wildman–Crippen MR) is 90.6 cm³/mol. The highest BCUT2D eigenvalue weighted by atomic mass is 15.3. The summed E-state index contributed by atoms with van der Waals surface area (Å²) in [7, 11) is 2.25. The fourth-order valence-electron chi connectivity index (χ4n) is 3.33. The first-order valence-corrected chi connectivity index (χ1v) is 8.34. The highest BCUT2D eigenvalue weighted by molar-refractivity contribution is 5.18. The van der Waals surface area contributed by atoms with E-state index >= 15 is 0 Å². The molecule has 1 aromatic rings. The van der Waals surface area contributed by atoms with Crippen molar-refractivity contribution in [3.8, 4) is 0 Å². The lowest BCUT2D eigenvalue weighted by molar-refractivity contribution is 0.0578. The molecule has 1 aliphatic heterocycles. The zero-order chi connectivity index (χ0) is 15.2. The first-order chi connectivity index (χ1) is 10.1. The van der Waals surface area contributed by atoms with Crippen LogP contribution in [0.1, 0.15) is 38.8 Å². The van der Waals surface area contributed by atoms with Crippen LogP contribution in [0.2, 0.25) is 0 Å². The molecule has 1 aliphatic rings. The van der Waals surface area contributed by atoms with Crippen molar-refractivity contribution in [3.63, 3.8) is 0 Å². The summed E-state index contributed by atoms with van der Waals surface area (Å²) in [4.78, 5) is 5.12. The van der Waals surface area contributed by atoms with Crippen LogP contribution in [0, 0.1) is 0 Å². The zero-order valence-electron chi connectivity index (χ0n) is 14.0. The molecule has 3 heteroatoms. The van der Waals surface area contributed by atoms with Crippen LogP contribution in [0.5, 0.6) is 0 Å². The Morgan fingerprint density at radius 1 is 1.14 bits per heavy atom. The summed E-state index contributed by atoms with van der Waals surface area (Å²) < 4.78 is 0. The second-order valence-electron chi connectivity index (χ2n) is 6.43. The maximum Gasteiger partial charge on any atom is 0.0332 e. The largest absolute Gasteiger partial charge is 0.310 e. The van der Waals surface area contributed by atoms with Gasteiger partial charge in [0.2, 0.25) is 0 Å². The third-order valence-corrected chi connectivity index (χ3v) is 4.82. The van der Waals surface area contributed by atoms with E-state index < -0.39 is 0 Å². The van der Waals surface area contributed by atoms with Crippen molar-refractivity contribution in [2.24, 2.45) is 0 Å². The number of benzene rings is 1. The molecule has 0 spiro atoms. The maximum absolute atomic E-state index is 3.63. The van der Waals surface area contributed by atoms with Crippen molar-refractivity contribution < 1.29 is 0 Å². The standard InChI is InChI=1S/C18H31N3/c1-5-19-18(17-9-7-6-8-10-17)11-12-21-13-15(2)20(4)16(3)14-21/h6-10,15-16,18-19H,5,11-14H2,1-4H3. The van der Waals surface area contributed by atoms with Gasteiger partial charge in [0.05, 0.1) is 0 Å². The molecule has 0 aromatic heterocycles. The fourth-order valence-corrected chi connectivity index (χ4v) is 3.33. The third kappa shape index (κ3) is 4.53. The van der Waals surface area contributed by atoms with E-state index in [0.29, 0.717) is 18.1 Å². The quantitative estimate of drug-likeness (QED) is 0.869. The summed E-state index contributed by atoms with van der Waals surface area (Å²) in [6.45, 7) is 11.4. The molecule has 1 saturated heterocycles. The number of nitrogens with zero attached hydrogens (tertiary/aromatic N) is 2. The highest BCUT2D eigenvalue weighted by Gasteiger charge is 2.26. The molecule has 3 atom stereocenters. The molecule has 0 saturated carbocycles. The molecule has 0 amide bonds. The van der Waals surface area contributed by atoms with Crippen molar-refractivity contribution in [3.05, 3.63) is 35.9 Å². The molecular formula is C18H31N3. The Labute approximate surface area is 130 Å². The van der Waals surface area contributed by atoms with Gasteiger partial charge in [-0.3, -0.25) is 4.90 Å². The molecule has 2 rings (SSSR count). The third-order valence-electron chi connectivity index (χ3n) is 4.82. The van der Waals surface area contributed by atoms with Gasteiger partial charge in [-0.25, -0.2) is 0 Å². The molecule has 21 heavy (non-hydrogen) atoms. The van der Waals surface area contributed by atoms with Gasteiger partial charge in [0.15, 0.2) is 0 Å². The van der Waals surface area contributed by atoms with Crippen LogP contribution >= 0.6 is 0 Å². The van der Waals surface area contributed by atoms with E-state index in [1.54, 1.807) is 0 Å². The van der Waals surface area contributed by atoms with Gasteiger partial charge < -0.3 is 10.2 Å². The van der Waals surface area contributed by atoms with Crippen LogP contribution in [0.15, 0.2) is 30.3 Å². The van der Waals surface area contributed by atoms with Gasteiger partial charge in [-0.1, -0.05) is 37.3 Å². The van der Waals surface area contributed by atoms with Crippen molar-refractivity contribution in [2.45, 2.75) is 45.3 Å². The molecular weight excluding hydrogens is 258 g/mol. The van der Waals surface area contributed by atoms with Crippen molar-refractivity contribution >= 4 is 0 Å². The molecule has 1 aromatic carbocycles. The van der Waals surface area contributed by atoms with Gasteiger partial charge in [-0.05, 0) is 39.4 Å². The lowest BCUT2D eigenvalue weighted by Gasteiger charge is -2.42. The molecule has 3 unspecified atom stereocenters. The molecule has 0 bridgehead atoms. The molecule has 3 nitrogen and oxygen atoms in total. The van der Waals surface area contributed by atoms with E-state index in [4.69, 9.17) is 0 Å². The highest BCUT2D eigenvalue weighted by Crippen LogP contribution is 2.19. The van der Waals surface area contributed by atoms with Gasteiger partial charge >= 0.3 is 0 Å². The Morgan fingerprint density at radius 3 is 2.33 bits per heavy atom. The summed E-state index contributed by atoms with van der Waals surface area (Å²) in [6, 6.07) is 12.6. The molecule has 1 heterocycles. The van der Waals surface area contributed by atoms with Gasteiger partial charge in [0, 0.05) is 37.8 Å². The van der Waals surface area contributed by atoms with Crippen LogP contribution in [-0.2, 0) is 0 Å². The average molecular weight is 289 g/mol. The molecule has 118 valence electrons. The fraction of sp³-hybridized carbons (Fsp3) is 0.667. The zero-order valence-corrected chi connectivity index (χ0v) is 14.0. The second kappa shape index (κ2) is 7.92. The van der Waals surface area contributed by atoms with E-state index in [-0.39, 0.29) is 0 Å². The van der Waals surface area contributed by atoms with E-state index in [1.165, 1.54) is 31.6 Å². The lowest BCUT2D eigenvalue weighted by atomic mass is 10.0. The van der Waals surface area contributed by atoms with Crippen molar-refractivity contribution in [2.75, 3.05) is 33.2 Å². The minimum absolute atomic E-state index is 0.474. The molecule has 0 radical (unpaired) electrons. The number of rotatable bonds is 6. The summed E-state index contributed by atoms with van der Waals surface area (Å²) in [5.41, 5.74) is 1.41. The van der Waals surface area contributed by atoms with Crippen LogP contribution in [-0.4, -0.2) is 55.1 Å². The Balaban J connectivity index is 1.90. The van der Waals surface area contributed by atoms with Gasteiger partial charge in [0.25, 0.3) is 0 Å². The summed E-state index contributed by atoms with van der Waals surface area (Å²) in [5.74, 6) is 0. The summed E-state index contributed by atoms with van der Waals surface area (Å²) in [6.07, 6.45) is 1.18. The summed E-state index contributed by atoms with van der Waals surface area (Å²) >= 11 is 0. The van der Waals surface area contributed by atoms with Crippen molar-refractivity contribution in [1.29, 1.82) is 0 Å². The Morgan fingerprint density at radius 2 is 1.76 bits per heavy atom. The number of nitrogens with one attached hydrogen (secondary N) is 1. The number of likely N-dealkylation sites (N-methyl/N-ethyl adjacent to an activating group) is 1. The summed E-state index contributed by atoms with van der Waals surface area (Å²) in [5, 5.41) is 3.63. The number of hydrogen-bond acceptors (Lipinski definition) is 3. The smallest absolute Gasteiger partial charge is 0.0332 e. The van der Waals surface area contributed by atoms with Gasteiger partial charge in [-0.15, -0.1) is 0 Å². The molecule has 1 fully saturated rings. The normalized spacial score (nSPS) is 25.9. The lowest BCUT2D eigenvalue weighted by Crippen LogP contribution is -2.55. The van der Waals surface area contributed by atoms with Gasteiger partial charge in [0.1, 0.15) is 0 Å². The first kappa shape index (κ1) is 16.5. The Bertz CT molecular complexity index is 394. The second-order valence-corrected chi connectivity index (χ2v) is 6.43. The molecule has 0 aliphatic carbocycles. The predicted octanol–water partition coefficient (Wildman–Crippen LogP) is 2.75. The van der Waals surface area contributed by atoms with E-state index in [2.05, 4.69) is 73.3 Å². The Hall–Kier alpha value is -0.900. The maximum atomic E-state index is 3.63. The SMILES string of the molecule is CCNC(CCN1CC(C)N(C)C(C)C1)c1ccccc1. The minimum atomic E-state index is 0.474. The monoisotopic (exact) mass is 289 g/mol. The minimum Gasteiger partial charge on any atom is -0.310 e. The van der Waals surface area contributed by atoms with Gasteiger partial charge in [-0.2, -0.15) is 0 Å². The van der Waals surface area contributed by atoms with E-state index in [0.717, 1.165) is 6.54 Å². The van der Waals surface area contributed by atoms with E-state index in [1.807, 2.05) is 0 Å². The number of piperazine rings is 1. The Kier molecular flexibility index (Phi) is 6.22. The first-order valence-electron chi connectivity index (χ1n) is 8.34. The average Bonchev–Trinajstić information content (AvgIpc) is 2.49. The van der Waals surface area contributed by atoms with Crippen LogP contribution < -0.4 is 5.32 Å². The number of hydrogen-bond donors (Lipinski definition) is 1. The van der Waals surface area contributed by atoms with Crippen molar-refractivity contribution in [1.82, 2.24) is 15.1 Å². The van der Waals surface area contributed by atoms with Crippen LogP contribution in [0.25, 0.3) is 0 Å². The van der Waals surface area contributed by atoms with Crippen LogP contribution in [0.3, 0.4) is 0 Å². The molecule has 1 N–H and O–H groups in total. The van der Waals surface area contributed by atoms with Crippen LogP contribution in [0.4, 0.5) is 0 Å².